The number of sulfone groups is 1. The lowest BCUT2D eigenvalue weighted by molar-refractivity contribution is 0.536. The average Bonchev–Trinajstić information content (AvgIpc) is 2.46. The zero-order valence-corrected chi connectivity index (χ0v) is 16.9. The summed E-state index contributed by atoms with van der Waals surface area (Å²) < 4.78 is 23.5. The van der Waals surface area contributed by atoms with Gasteiger partial charge in [-0.1, -0.05) is 104 Å². The molecule has 0 unspecified atom stereocenters. The average molecular weight is 347 g/mol. The topological polar surface area (TPSA) is 34.1 Å². The molecule has 0 aliphatic heterocycles. The molecule has 0 radical (unpaired) electrons. The van der Waals surface area contributed by atoms with E-state index in [4.69, 9.17) is 0 Å². The molecule has 0 atom stereocenters. The molecule has 23 heavy (non-hydrogen) atoms. The first-order chi connectivity index (χ1) is 11.0. The monoisotopic (exact) mass is 346 g/mol. The molecule has 0 amide bonds. The zero-order chi connectivity index (χ0) is 17.4. The minimum atomic E-state index is -2.80. The van der Waals surface area contributed by atoms with Crippen molar-refractivity contribution in [3.8, 4) is 0 Å². The Bertz CT molecular complexity index is 334. The van der Waals surface area contributed by atoms with Gasteiger partial charge in [0.05, 0.1) is 11.5 Å². The summed E-state index contributed by atoms with van der Waals surface area (Å²) in [5.74, 6) is 1.00. The molecule has 0 fully saturated rings. The highest BCUT2D eigenvalue weighted by Gasteiger charge is 2.12. The summed E-state index contributed by atoms with van der Waals surface area (Å²) in [6.45, 7) is 6.22. The lowest BCUT2D eigenvalue weighted by atomic mass is 10.0. The molecule has 0 N–H and O–H groups in total. The van der Waals surface area contributed by atoms with Crippen LogP contribution in [0.4, 0.5) is 0 Å². The molecular formula is C20H42O2S. The molecule has 0 aliphatic carbocycles. The second-order valence-corrected chi connectivity index (χ2v) is 9.83. The molecule has 0 aromatic rings. The Morgan fingerprint density at radius 2 is 0.957 bits per heavy atom. The Kier molecular flexibility index (Phi) is 15.4. The van der Waals surface area contributed by atoms with Crippen LogP contribution in [0.5, 0.6) is 0 Å². The fourth-order valence-electron chi connectivity index (χ4n) is 3.11. The van der Waals surface area contributed by atoms with Gasteiger partial charge in [-0.3, -0.25) is 0 Å². The maximum atomic E-state index is 11.8. The largest absolute Gasteiger partial charge is 0.229 e. The number of unbranched alkanes of at least 4 members (excludes halogenated alkanes) is 13. The van der Waals surface area contributed by atoms with E-state index in [0.29, 0.717) is 11.5 Å². The van der Waals surface area contributed by atoms with Gasteiger partial charge >= 0.3 is 0 Å². The Morgan fingerprint density at radius 3 is 1.30 bits per heavy atom. The molecule has 3 heteroatoms. The third-order valence-corrected chi connectivity index (χ3v) is 6.48. The third kappa shape index (κ3) is 18.1. The molecule has 0 spiro atoms. The summed E-state index contributed by atoms with van der Waals surface area (Å²) in [6.07, 6.45) is 18.3. The third-order valence-electron chi connectivity index (χ3n) is 4.40. The number of rotatable bonds is 17. The van der Waals surface area contributed by atoms with Crippen molar-refractivity contribution >= 4 is 9.84 Å². The van der Waals surface area contributed by atoms with Crippen molar-refractivity contribution in [3.63, 3.8) is 0 Å². The maximum Gasteiger partial charge on any atom is 0.150 e. The van der Waals surface area contributed by atoms with E-state index >= 15 is 0 Å². The minimum Gasteiger partial charge on any atom is -0.229 e. The Morgan fingerprint density at radius 1 is 0.609 bits per heavy atom. The molecule has 0 aliphatic rings. The van der Waals surface area contributed by atoms with Gasteiger partial charge in [-0.05, 0) is 12.3 Å². The van der Waals surface area contributed by atoms with E-state index in [1.54, 1.807) is 0 Å². The van der Waals surface area contributed by atoms with Gasteiger partial charge in [-0.15, -0.1) is 0 Å². The van der Waals surface area contributed by atoms with Crippen LogP contribution in [-0.2, 0) is 9.84 Å². The molecular weight excluding hydrogens is 304 g/mol. The van der Waals surface area contributed by atoms with Crippen molar-refractivity contribution in [1.82, 2.24) is 0 Å². The van der Waals surface area contributed by atoms with Crippen LogP contribution in [0.25, 0.3) is 0 Å². The molecule has 0 saturated heterocycles. The molecule has 0 heterocycles. The van der Waals surface area contributed by atoms with Crippen LogP contribution in [-0.4, -0.2) is 19.9 Å². The Hall–Kier alpha value is -0.0500. The lowest BCUT2D eigenvalue weighted by Crippen LogP contribution is -2.15. The van der Waals surface area contributed by atoms with Crippen LogP contribution in [0.2, 0.25) is 0 Å². The van der Waals surface area contributed by atoms with Gasteiger partial charge in [0.25, 0.3) is 0 Å². The maximum absolute atomic E-state index is 11.8. The molecule has 0 aromatic carbocycles. The van der Waals surface area contributed by atoms with Crippen LogP contribution < -0.4 is 0 Å². The SMILES string of the molecule is CCCCCCCCCCCCCCCCS(=O)(=O)CC(C)C. The predicted molar refractivity (Wildman–Crippen MR) is 104 cm³/mol. The standard InChI is InChI=1S/C20H42O2S/c1-4-5-6-7-8-9-10-11-12-13-14-15-16-17-18-23(21,22)19-20(2)3/h20H,4-19H2,1-3H3. The van der Waals surface area contributed by atoms with Crippen molar-refractivity contribution in [1.29, 1.82) is 0 Å². The van der Waals surface area contributed by atoms with Gasteiger partial charge in [0, 0.05) is 0 Å². The van der Waals surface area contributed by atoms with Crippen molar-refractivity contribution in [2.75, 3.05) is 11.5 Å². The first-order valence-corrected chi connectivity index (χ1v) is 12.0. The van der Waals surface area contributed by atoms with Crippen LogP contribution in [0, 0.1) is 5.92 Å². The minimum absolute atomic E-state index is 0.256. The van der Waals surface area contributed by atoms with E-state index in [0.717, 1.165) is 12.8 Å². The van der Waals surface area contributed by atoms with E-state index in [-0.39, 0.29) is 5.92 Å². The second kappa shape index (κ2) is 15.5. The molecule has 2 nitrogen and oxygen atoms in total. The van der Waals surface area contributed by atoms with E-state index in [1.807, 2.05) is 13.8 Å². The predicted octanol–water partition coefficient (Wildman–Crippen LogP) is 6.54. The fourth-order valence-corrected chi connectivity index (χ4v) is 4.93. The highest BCUT2D eigenvalue weighted by atomic mass is 32.2. The number of hydrogen-bond acceptors (Lipinski definition) is 2. The lowest BCUT2D eigenvalue weighted by Gasteiger charge is -2.07. The van der Waals surface area contributed by atoms with Crippen LogP contribution in [0.3, 0.4) is 0 Å². The van der Waals surface area contributed by atoms with Gasteiger partial charge in [0.2, 0.25) is 0 Å². The normalized spacial score (nSPS) is 12.2. The Labute approximate surface area is 146 Å². The molecule has 0 bridgehead atoms. The van der Waals surface area contributed by atoms with Crippen LogP contribution in [0.1, 0.15) is 111 Å². The molecule has 0 aromatic heterocycles. The van der Waals surface area contributed by atoms with Gasteiger partial charge in [-0.25, -0.2) is 8.42 Å². The van der Waals surface area contributed by atoms with Gasteiger partial charge in [-0.2, -0.15) is 0 Å². The quantitative estimate of drug-likeness (QED) is 0.280. The van der Waals surface area contributed by atoms with Crippen molar-refractivity contribution < 1.29 is 8.42 Å². The molecule has 140 valence electrons. The zero-order valence-electron chi connectivity index (χ0n) is 16.1. The number of hydrogen-bond donors (Lipinski definition) is 0. The van der Waals surface area contributed by atoms with Gasteiger partial charge < -0.3 is 0 Å². The Balaban J connectivity index is 3.22. The van der Waals surface area contributed by atoms with E-state index in [1.165, 1.54) is 77.0 Å². The molecule has 0 saturated carbocycles. The van der Waals surface area contributed by atoms with Crippen LogP contribution >= 0.6 is 0 Å². The summed E-state index contributed by atoms with van der Waals surface area (Å²) in [5.41, 5.74) is 0. The van der Waals surface area contributed by atoms with Crippen molar-refractivity contribution in [2.24, 2.45) is 5.92 Å². The summed E-state index contributed by atoms with van der Waals surface area (Å²) in [4.78, 5) is 0. The summed E-state index contributed by atoms with van der Waals surface area (Å²) in [5, 5.41) is 0. The first kappa shape index (κ1) is 22.9. The summed E-state index contributed by atoms with van der Waals surface area (Å²) in [7, 11) is -2.80. The van der Waals surface area contributed by atoms with Crippen molar-refractivity contribution in [3.05, 3.63) is 0 Å². The second-order valence-electron chi connectivity index (χ2n) is 7.60. The van der Waals surface area contributed by atoms with Crippen LogP contribution in [0.15, 0.2) is 0 Å². The smallest absolute Gasteiger partial charge is 0.150 e. The fraction of sp³-hybridized carbons (Fsp3) is 1.00. The summed E-state index contributed by atoms with van der Waals surface area (Å²) >= 11 is 0. The van der Waals surface area contributed by atoms with Gasteiger partial charge in [0.15, 0.2) is 9.84 Å². The highest BCUT2D eigenvalue weighted by Crippen LogP contribution is 2.13. The van der Waals surface area contributed by atoms with E-state index in [2.05, 4.69) is 6.92 Å². The van der Waals surface area contributed by atoms with Gasteiger partial charge in [0.1, 0.15) is 0 Å². The molecule has 0 rings (SSSR count). The first-order valence-electron chi connectivity index (χ1n) is 10.2. The van der Waals surface area contributed by atoms with E-state index in [9.17, 15) is 8.42 Å². The van der Waals surface area contributed by atoms with E-state index < -0.39 is 9.84 Å². The van der Waals surface area contributed by atoms with Crippen molar-refractivity contribution in [2.45, 2.75) is 111 Å². The summed E-state index contributed by atoms with van der Waals surface area (Å²) in [6, 6.07) is 0. The highest BCUT2D eigenvalue weighted by molar-refractivity contribution is 7.91.